The number of carbonyl (C=O) groups excluding carboxylic acids is 1. The van der Waals surface area contributed by atoms with Crippen LogP contribution in [0, 0.1) is 13.8 Å². The Morgan fingerprint density at radius 3 is 2.84 bits per heavy atom. The molecular weight excluding hydrogens is 314 g/mol. The van der Waals surface area contributed by atoms with Crippen molar-refractivity contribution >= 4 is 16.8 Å². The van der Waals surface area contributed by atoms with Crippen molar-refractivity contribution in [2.45, 2.75) is 52.5 Å². The van der Waals surface area contributed by atoms with Gasteiger partial charge in [-0.3, -0.25) is 4.79 Å². The first-order valence-electron chi connectivity index (χ1n) is 8.92. The second-order valence-corrected chi connectivity index (χ2v) is 7.00. The van der Waals surface area contributed by atoms with Crippen LogP contribution in [0.1, 0.15) is 64.3 Å². The molecule has 1 aliphatic carbocycles. The van der Waals surface area contributed by atoms with Crippen LogP contribution in [0.2, 0.25) is 0 Å². The van der Waals surface area contributed by atoms with E-state index in [2.05, 4.69) is 48.4 Å². The summed E-state index contributed by atoms with van der Waals surface area (Å²) in [5.74, 6) is 0.562. The van der Waals surface area contributed by atoms with E-state index in [1.807, 2.05) is 0 Å². The molecule has 3 aromatic rings. The molecule has 130 valence electrons. The number of aromatic nitrogens is 2. The molecule has 25 heavy (non-hydrogen) atoms. The summed E-state index contributed by atoms with van der Waals surface area (Å²) < 4.78 is 5.20. The maximum absolute atomic E-state index is 12.4. The minimum Gasteiger partial charge on any atom is -0.358 e. The minimum atomic E-state index is -0.215. The van der Waals surface area contributed by atoms with Crippen molar-refractivity contribution < 1.29 is 9.32 Å². The lowest BCUT2D eigenvalue weighted by Crippen LogP contribution is -2.22. The van der Waals surface area contributed by atoms with Gasteiger partial charge in [0.15, 0.2) is 0 Å². The second-order valence-electron chi connectivity index (χ2n) is 7.00. The lowest BCUT2D eigenvalue weighted by Gasteiger charge is -2.07. The van der Waals surface area contributed by atoms with E-state index in [4.69, 9.17) is 4.52 Å². The molecule has 0 aliphatic heterocycles. The Hall–Kier alpha value is -2.56. The summed E-state index contributed by atoms with van der Waals surface area (Å²) in [4.78, 5) is 15.9. The van der Waals surface area contributed by atoms with Gasteiger partial charge >= 0.3 is 0 Å². The molecule has 1 fully saturated rings. The molecule has 1 amide bonds. The van der Waals surface area contributed by atoms with Gasteiger partial charge in [0.25, 0.3) is 5.91 Å². The van der Waals surface area contributed by atoms with Gasteiger partial charge < -0.3 is 14.8 Å². The van der Waals surface area contributed by atoms with Gasteiger partial charge in [0.1, 0.15) is 0 Å². The zero-order chi connectivity index (χ0) is 17.6. The molecule has 4 rings (SSSR count). The zero-order valence-electron chi connectivity index (χ0n) is 14.9. The number of aromatic amines is 1. The predicted molar refractivity (Wildman–Crippen MR) is 96.8 cm³/mol. The highest BCUT2D eigenvalue weighted by molar-refractivity contribution is 5.92. The fraction of sp³-hybridized carbons (Fsp3) is 0.400. The topological polar surface area (TPSA) is 70.9 Å². The normalized spacial score (nSPS) is 14.2. The van der Waals surface area contributed by atoms with Crippen molar-refractivity contribution in [1.29, 1.82) is 0 Å². The minimum absolute atomic E-state index is 0.215. The molecule has 5 nitrogen and oxygen atoms in total. The van der Waals surface area contributed by atoms with E-state index in [0.29, 0.717) is 18.2 Å². The van der Waals surface area contributed by atoms with Gasteiger partial charge in [-0.05, 0) is 50.3 Å². The number of nitrogens with zero attached hydrogens (tertiary/aromatic N) is 1. The number of H-pyrrole nitrogens is 1. The van der Waals surface area contributed by atoms with Gasteiger partial charge in [-0.2, -0.15) is 0 Å². The van der Waals surface area contributed by atoms with E-state index in [9.17, 15) is 4.79 Å². The van der Waals surface area contributed by atoms with Gasteiger partial charge in [0, 0.05) is 29.6 Å². The third kappa shape index (κ3) is 2.95. The molecule has 5 heteroatoms. The summed E-state index contributed by atoms with van der Waals surface area (Å²) in [7, 11) is 0. The van der Waals surface area contributed by atoms with Crippen LogP contribution in [0.25, 0.3) is 10.9 Å². The Labute approximate surface area is 146 Å². The van der Waals surface area contributed by atoms with Crippen molar-refractivity contribution in [1.82, 2.24) is 15.5 Å². The van der Waals surface area contributed by atoms with Crippen LogP contribution in [0.4, 0.5) is 0 Å². The third-order valence-corrected chi connectivity index (χ3v) is 5.04. The van der Waals surface area contributed by atoms with E-state index in [1.165, 1.54) is 22.2 Å². The molecule has 0 saturated heterocycles. The molecule has 0 radical (unpaired) electrons. The van der Waals surface area contributed by atoms with E-state index in [1.54, 1.807) is 6.07 Å². The van der Waals surface area contributed by atoms with Crippen LogP contribution < -0.4 is 5.32 Å². The van der Waals surface area contributed by atoms with E-state index >= 15 is 0 Å². The average molecular weight is 337 g/mol. The van der Waals surface area contributed by atoms with Crippen LogP contribution in [0.5, 0.6) is 0 Å². The average Bonchev–Trinajstić information content (AvgIpc) is 3.25. The standard InChI is InChI=1S/C20H23N3O2/c1-4-16-12(3)15-8-11(2)7-14(19(15)22-16)10-21-20(24)18-9-17(23-25-18)13-5-6-13/h7-9,13,22H,4-6,10H2,1-3H3,(H,21,24). The van der Waals surface area contributed by atoms with Crippen molar-refractivity contribution in [2.75, 3.05) is 0 Å². The maximum atomic E-state index is 12.4. The van der Waals surface area contributed by atoms with Crippen LogP contribution in [0.15, 0.2) is 22.7 Å². The van der Waals surface area contributed by atoms with Crippen molar-refractivity contribution in [3.05, 3.63) is 52.0 Å². The van der Waals surface area contributed by atoms with E-state index in [-0.39, 0.29) is 5.91 Å². The summed E-state index contributed by atoms with van der Waals surface area (Å²) in [6.07, 6.45) is 3.25. The van der Waals surface area contributed by atoms with Crippen LogP contribution >= 0.6 is 0 Å². The summed E-state index contributed by atoms with van der Waals surface area (Å²) in [5.41, 5.74) is 6.83. The first-order valence-corrected chi connectivity index (χ1v) is 8.92. The van der Waals surface area contributed by atoms with E-state index < -0.39 is 0 Å². The van der Waals surface area contributed by atoms with Crippen LogP contribution in [-0.2, 0) is 13.0 Å². The number of nitrogens with one attached hydrogen (secondary N) is 2. The van der Waals surface area contributed by atoms with Gasteiger partial charge in [-0.1, -0.05) is 23.7 Å². The molecule has 2 N–H and O–H groups in total. The quantitative estimate of drug-likeness (QED) is 0.735. The highest BCUT2D eigenvalue weighted by atomic mass is 16.5. The number of aryl methyl sites for hydroxylation is 3. The van der Waals surface area contributed by atoms with Crippen LogP contribution in [0.3, 0.4) is 0 Å². The van der Waals surface area contributed by atoms with Gasteiger partial charge in [0.2, 0.25) is 5.76 Å². The Bertz CT molecular complexity index is 947. The molecule has 2 aromatic heterocycles. The number of benzene rings is 1. The summed E-state index contributed by atoms with van der Waals surface area (Å²) in [6.45, 7) is 6.83. The SMILES string of the molecule is CCc1[nH]c2c(CNC(=O)c3cc(C4CC4)no3)cc(C)cc2c1C. The Kier molecular flexibility index (Phi) is 3.86. The Balaban J connectivity index is 1.56. The zero-order valence-corrected chi connectivity index (χ0v) is 14.9. The second kappa shape index (κ2) is 6.06. The lowest BCUT2D eigenvalue weighted by molar-refractivity contribution is 0.0914. The lowest BCUT2D eigenvalue weighted by atomic mass is 10.0. The first kappa shape index (κ1) is 15.9. The largest absolute Gasteiger partial charge is 0.358 e. The number of carbonyl (C=O) groups is 1. The van der Waals surface area contributed by atoms with Crippen molar-refractivity contribution in [3.8, 4) is 0 Å². The number of rotatable bonds is 5. The fourth-order valence-corrected chi connectivity index (χ4v) is 3.44. The van der Waals surface area contributed by atoms with Gasteiger partial charge in [-0.15, -0.1) is 0 Å². The molecule has 0 unspecified atom stereocenters. The first-order chi connectivity index (χ1) is 12.1. The molecular formula is C20H23N3O2. The van der Waals surface area contributed by atoms with E-state index in [0.717, 1.165) is 36.0 Å². The highest BCUT2D eigenvalue weighted by Gasteiger charge is 2.28. The van der Waals surface area contributed by atoms with Crippen LogP contribution in [-0.4, -0.2) is 16.0 Å². The summed E-state index contributed by atoms with van der Waals surface area (Å²) in [5, 5.41) is 8.20. The smallest absolute Gasteiger partial charge is 0.290 e. The number of hydrogen-bond donors (Lipinski definition) is 2. The molecule has 1 aromatic carbocycles. The summed E-state index contributed by atoms with van der Waals surface area (Å²) >= 11 is 0. The highest BCUT2D eigenvalue weighted by Crippen LogP contribution is 2.39. The molecule has 0 bridgehead atoms. The molecule has 2 heterocycles. The monoisotopic (exact) mass is 337 g/mol. The summed E-state index contributed by atoms with van der Waals surface area (Å²) in [6, 6.07) is 6.09. The van der Waals surface area contributed by atoms with Gasteiger partial charge in [0.05, 0.1) is 11.2 Å². The van der Waals surface area contributed by atoms with Crippen molar-refractivity contribution in [2.24, 2.45) is 0 Å². The molecule has 1 aliphatic rings. The number of amides is 1. The number of hydrogen-bond acceptors (Lipinski definition) is 3. The maximum Gasteiger partial charge on any atom is 0.290 e. The molecule has 1 saturated carbocycles. The molecule has 0 spiro atoms. The Morgan fingerprint density at radius 2 is 2.12 bits per heavy atom. The van der Waals surface area contributed by atoms with Gasteiger partial charge in [-0.25, -0.2) is 0 Å². The number of fused-ring (bicyclic) bond motifs is 1. The Morgan fingerprint density at radius 1 is 1.32 bits per heavy atom. The molecule has 0 atom stereocenters. The fourth-order valence-electron chi connectivity index (χ4n) is 3.44. The predicted octanol–water partition coefficient (Wildman–Crippen LogP) is 4.14. The third-order valence-electron chi connectivity index (χ3n) is 5.04. The van der Waals surface area contributed by atoms with Crippen molar-refractivity contribution in [3.63, 3.8) is 0 Å².